The quantitative estimate of drug-likeness (QED) is 0.307. The Morgan fingerprint density at radius 1 is 1.21 bits per heavy atom. The Balaban J connectivity index is 2.27. The van der Waals surface area contributed by atoms with E-state index >= 15 is 0 Å². The molecule has 2 unspecified atom stereocenters. The summed E-state index contributed by atoms with van der Waals surface area (Å²) in [7, 11) is 0. The van der Waals surface area contributed by atoms with Crippen molar-refractivity contribution in [3.8, 4) is 0 Å². The highest BCUT2D eigenvalue weighted by molar-refractivity contribution is 5.72. The van der Waals surface area contributed by atoms with Crippen molar-refractivity contribution >= 4 is 12.1 Å². The Bertz CT molecular complexity index is 406. The normalized spacial score (nSPS) is 23.2. The zero-order chi connectivity index (χ0) is 17.7. The molecule has 138 valence electrons. The maximum Gasteiger partial charge on any atom is 0.217 e. The lowest BCUT2D eigenvalue weighted by Crippen LogP contribution is -2.55. The van der Waals surface area contributed by atoms with Crippen molar-refractivity contribution in [2.24, 2.45) is 4.99 Å². The van der Waals surface area contributed by atoms with E-state index in [0.717, 1.165) is 37.1 Å². The molecule has 0 radical (unpaired) electrons. The first-order valence-corrected chi connectivity index (χ1v) is 9.91. The minimum absolute atomic E-state index is 0.0553. The molecule has 0 aliphatic carbocycles. The van der Waals surface area contributed by atoms with Crippen LogP contribution in [0.25, 0.3) is 0 Å². The van der Waals surface area contributed by atoms with Crippen LogP contribution in [0, 0.1) is 0 Å². The van der Waals surface area contributed by atoms with Crippen molar-refractivity contribution in [2.75, 3.05) is 26.2 Å². The van der Waals surface area contributed by atoms with Gasteiger partial charge in [-0.3, -0.25) is 9.28 Å². The molecule has 1 aliphatic heterocycles. The first-order valence-electron chi connectivity index (χ1n) is 9.91. The summed E-state index contributed by atoms with van der Waals surface area (Å²) in [6, 6.07) is 0. The number of hydrogen-bond donors (Lipinski definition) is 1. The molecule has 0 spiro atoms. The third-order valence-electron chi connectivity index (χ3n) is 5.15. The summed E-state index contributed by atoms with van der Waals surface area (Å²) in [5.41, 5.74) is 0. The van der Waals surface area contributed by atoms with Crippen molar-refractivity contribution in [1.29, 1.82) is 0 Å². The van der Waals surface area contributed by atoms with Gasteiger partial charge in [0.05, 0.1) is 25.8 Å². The molecule has 1 N–H and O–H groups in total. The monoisotopic (exact) mass is 336 g/mol. The molecule has 0 bridgehead atoms. The van der Waals surface area contributed by atoms with Gasteiger partial charge in [-0.1, -0.05) is 51.2 Å². The average Bonchev–Trinajstić information content (AvgIpc) is 2.96. The fraction of sp³-hybridized carbons (Fsp3) is 0.800. The second-order valence-corrected chi connectivity index (χ2v) is 7.00. The molecule has 24 heavy (non-hydrogen) atoms. The number of quaternary nitrogens is 1. The predicted octanol–water partition coefficient (Wildman–Crippen LogP) is 4.07. The summed E-state index contributed by atoms with van der Waals surface area (Å²) in [5.74, 6) is 0.0553. The Morgan fingerprint density at radius 3 is 2.67 bits per heavy atom. The number of rotatable bonds is 13. The van der Waals surface area contributed by atoms with Gasteiger partial charge in [-0.15, -0.1) is 0 Å². The molecular formula is C20H38N3O+. The highest BCUT2D eigenvalue weighted by Crippen LogP contribution is 2.22. The smallest absolute Gasteiger partial charge is 0.217 e. The molecule has 4 heteroatoms. The third kappa shape index (κ3) is 7.61. The molecule has 0 aromatic carbocycles. The van der Waals surface area contributed by atoms with Crippen LogP contribution in [0.5, 0.6) is 0 Å². The van der Waals surface area contributed by atoms with E-state index in [1.165, 1.54) is 44.9 Å². The second kappa shape index (κ2) is 12.2. The number of allylic oxidation sites excluding steroid dienone is 1. The van der Waals surface area contributed by atoms with Crippen molar-refractivity contribution in [1.82, 2.24) is 5.32 Å². The van der Waals surface area contributed by atoms with E-state index in [0.29, 0.717) is 6.17 Å². The summed E-state index contributed by atoms with van der Waals surface area (Å²) in [6.07, 6.45) is 17.4. The Labute approximate surface area is 149 Å². The van der Waals surface area contributed by atoms with E-state index in [4.69, 9.17) is 4.99 Å². The molecule has 1 amide bonds. The fourth-order valence-electron chi connectivity index (χ4n) is 3.45. The largest absolute Gasteiger partial charge is 0.351 e. The molecule has 2 atom stereocenters. The molecule has 1 heterocycles. The van der Waals surface area contributed by atoms with Gasteiger partial charge in [-0.05, 0) is 19.8 Å². The molecule has 1 aliphatic rings. The van der Waals surface area contributed by atoms with Crippen LogP contribution in [0.2, 0.25) is 0 Å². The Morgan fingerprint density at radius 2 is 1.96 bits per heavy atom. The van der Waals surface area contributed by atoms with Gasteiger partial charge in [-0.25, -0.2) is 4.99 Å². The second-order valence-electron chi connectivity index (χ2n) is 7.00. The standard InChI is InChI=1S/C20H37N3O/c1-4-6-7-8-9-10-11-12-13-14-20-22-16-18-23(20,5-2)17-15-21-19(3)24/h12-13,16,20H,4-11,14-15,17-18H2,1-3H3/p+1/b13-12+. The fourth-order valence-corrected chi connectivity index (χ4v) is 3.45. The highest BCUT2D eigenvalue weighted by atomic mass is 16.1. The Hall–Kier alpha value is -1.16. The van der Waals surface area contributed by atoms with Gasteiger partial charge in [0.2, 0.25) is 5.91 Å². The van der Waals surface area contributed by atoms with Crippen LogP contribution in [-0.2, 0) is 4.79 Å². The van der Waals surface area contributed by atoms with E-state index in [1.807, 2.05) is 0 Å². The SMILES string of the molecule is CCCCCCCC/C=C/CC1N=CC[N+]1(CC)CCNC(C)=O. The minimum atomic E-state index is 0.0553. The summed E-state index contributed by atoms with van der Waals surface area (Å²) in [6.45, 7) is 9.84. The zero-order valence-corrected chi connectivity index (χ0v) is 16.1. The van der Waals surface area contributed by atoms with Gasteiger partial charge in [0.1, 0.15) is 6.54 Å². The van der Waals surface area contributed by atoms with E-state index in [9.17, 15) is 4.79 Å². The van der Waals surface area contributed by atoms with Crippen LogP contribution in [0.15, 0.2) is 17.1 Å². The van der Waals surface area contributed by atoms with Crippen molar-refractivity contribution in [2.45, 2.75) is 78.3 Å². The number of hydrogen-bond acceptors (Lipinski definition) is 2. The predicted molar refractivity (Wildman–Crippen MR) is 103 cm³/mol. The number of unbranched alkanes of at least 4 members (excludes halogenated alkanes) is 6. The number of nitrogens with one attached hydrogen (secondary N) is 1. The van der Waals surface area contributed by atoms with Crippen LogP contribution < -0.4 is 5.32 Å². The molecular weight excluding hydrogens is 298 g/mol. The minimum Gasteiger partial charge on any atom is -0.351 e. The van der Waals surface area contributed by atoms with Gasteiger partial charge in [0.25, 0.3) is 0 Å². The first kappa shape index (κ1) is 20.9. The van der Waals surface area contributed by atoms with Crippen molar-refractivity contribution < 1.29 is 9.28 Å². The number of carbonyl (C=O) groups excluding carboxylic acids is 1. The van der Waals surface area contributed by atoms with Crippen molar-refractivity contribution in [3.63, 3.8) is 0 Å². The van der Waals surface area contributed by atoms with Crippen LogP contribution in [-0.4, -0.2) is 48.9 Å². The lowest BCUT2D eigenvalue weighted by molar-refractivity contribution is -0.934. The van der Waals surface area contributed by atoms with Crippen LogP contribution >= 0.6 is 0 Å². The summed E-state index contributed by atoms with van der Waals surface area (Å²) >= 11 is 0. The van der Waals surface area contributed by atoms with Crippen LogP contribution in [0.1, 0.15) is 72.1 Å². The van der Waals surface area contributed by atoms with E-state index < -0.39 is 0 Å². The summed E-state index contributed by atoms with van der Waals surface area (Å²) < 4.78 is 0.974. The molecule has 0 fully saturated rings. The van der Waals surface area contributed by atoms with Gasteiger partial charge in [-0.2, -0.15) is 0 Å². The van der Waals surface area contributed by atoms with E-state index in [1.54, 1.807) is 6.92 Å². The molecule has 1 rings (SSSR count). The van der Waals surface area contributed by atoms with Gasteiger partial charge < -0.3 is 5.32 Å². The number of nitrogens with zero attached hydrogens (tertiary/aromatic N) is 2. The van der Waals surface area contributed by atoms with Crippen molar-refractivity contribution in [3.05, 3.63) is 12.2 Å². The third-order valence-corrected chi connectivity index (χ3v) is 5.15. The Kier molecular flexibility index (Phi) is 10.6. The van der Waals surface area contributed by atoms with E-state index in [-0.39, 0.29) is 5.91 Å². The van der Waals surface area contributed by atoms with Gasteiger partial charge >= 0.3 is 0 Å². The topological polar surface area (TPSA) is 41.5 Å². The van der Waals surface area contributed by atoms with Gasteiger partial charge in [0, 0.05) is 13.3 Å². The lowest BCUT2D eigenvalue weighted by atomic mass is 10.1. The van der Waals surface area contributed by atoms with Crippen LogP contribution in [0.4, 0.5) is 0 Å². The lowest BCUT2D eigenvalue weighted by Gasteiger charge is -2.37. The zero-order valence-electron chi connectivity index (χ0n) is 16.1. The maximum atomic E-state index is 11.1. The maximum absolute atomic E-state index is 11.1. The molecule has 4 nitrogen and oxygen atoms in total. The number of aliphatic imine (C=N–C) groups is 1. The number of amides is 1. The summed E-state index contributed by atoms with van der Waals surface area (Å²) in [5, 5.41) is 2.93. The number of likely N-dealkylation sites (N-methyl/N-ethyl adjacent to an activating group) is 1. The average molecular weight is 337 g/mol. The molecule has 0 saturated carbocycles. The summed E-state index contributed by atoms with van der Waals surface area (Å²) in [4.78, 5) is 15.8. The molecule has 0 aromatic rings. The van der Waals surface area contributed by atoms with Crippen LogP contribution in [0.3, 0.4) is 0 Å². The molecule has 0 aromatic heterocycles. The van der Waals surface area contributed by atoms with E-state index in [2.05, 4.69) is 37.5 Å². The first-order chi connectivity index (χ1) is 11.6. The number of carbonyl (C=O) groups is 1. The highest BCUT2D eigenvalue weighted by Gasteiger charge is 2.36. The molecule has 0 saturated heterocycles. The van der Waals surface area contributed by atoms with Gasteiger partial charge in [0.15, 0.2) is 6.17 Å².